The van der Waals surface area contributed by atoms with Crippen molar-refractivity contribution in [3.63, 3.8) is 0 Å². The Morgan fingerprint density at radius 3 is 1.95 bits per heavy atom. The molecule has 0 saturated heterocycles. The molecule has 0 amide bonds. The maximum Gasteiger partial charge on any atom is 0.280 e. The molecule has 0 bridgehead atoms. The Morgan fingerprint density at radius 2 is 1.64 bits per heavy atom. The minimum absolute atomic E-state index is 0. The fraction of sp³-hybridized carbons (Fsp3) is 1.00. The van der Waals surface area contributed by atoms with Crippen LogP contribution >= 0.6 is 12.4 Å². The van der Waals surface area contributed by atoms with Crippen LogP contribution in [-0.2, 0) is 19.7 Å². The summed E-state index contributed by atoms with van der Waals surface area (Å²) in [5.41, 5.74) is 5.11. The molecule has 3 N–H and O–H groups in total. The second kappa shape index (κ2) is 11.6. The van der Waals surface area contributed by atoms with Gasteiger partial charge < -0.3 is 15.2 Å². The predicted molar refractivity (Wildman–Crippen MR) is 91.5 cm³/mol. The molecule has 0 aromatic heterocycles. The maximum atomic E-state index is 12.5. The number of rotatable bonds is 12. The summed E-state index contributed by atoms with van der Waals surface area (Å²) in [4.78, 5) is 0. The van der Waals surface area contributed by atoms with E-state index in [1.165, 1.54) is 18.5 Å². The van der Waals surface area contributed by atoms with Gasteiger partial charge in [0.25, 0.3) is 10.2 Å². The molecule has 0 heterocycles. The van der Waals surface area contributed by atoms with Crippen molar-refractivity contribution >= 4 is 22.6 Å². The van der Waals surface area contributed by atoms with Gasteiger partial charge in [0.2, 0.25) is 0 Å². The van der Waals surface area contributed by atoms with Crippen molar-refractivity contribution in [2.75, 3.05) is 47.1 Å². The van der Waals surface area contributed by atoms with E-state index in [2.05, 4.69) is 4.72 Å². The van der Waals surface area contributed by atoms with E-state index in [4.69, 9.17) is 15.2 Å². The number of halogens is 1. The van der Waals surface area contributed by atoms with Gasteiger partial charge >= 0.3 is 0 Å². The molecule has 0 radical (unpaired) electrons. The monoisotopic (exact) mass is 361 g/mol. The first-order chi connectivity index (χ1) is 9.70. The van der Waals surface area contributed by atoms with E-state index in [1.54, 1.807) is 0 Å². The molecule has 1 unspecified atom stereocenters. The molecule has 9 heteroatoms. The Morgan fingerprint density at radius 1 is 1.18 bits per heavy atom. The number of ether oxygens (including phenoxy) is 2. The van der Waals surface area contributed by atoms with Crippen LogP contribution in [0.15, 0.2) is 0 Å². The quantitative estimate of drug-likeness (QED) is 0.531. The van der Waals surface area contributed by atoms with Crippen molar-refractivity contribution in [1.82, 2.24) is 9.03 Å². The van der Waals surface area contributed by atoms with Crippen molar-refractivity contribution in [3.05, 3.63) is 0 Å². The lowest BCUT2D eigenvalue weighted by molar-refractivity contribution is 0.148. The Balaban J connectivity index is 0. The zero-order valence-corrected chi connectivity index (χ0v) is 15.9. The van der Waals surface area contributed by atoms with Gasteiger partial charge in [0.1, 0.15) is 0 Å². The molecule has 0 fully saturated rings. The van der Waals surface area contributed by atoms with Crippen LogP contribution in [0.1, 0.15) is 27.2 Å². The SMILES string of the molecule is COCCN(CCOC)S(=O)(=O)NC(C)(CN)CC(C)C.Cl. The molecule has 0 aromatic carbocycles. The van der Waals surface area contributed by atoms with Gasteiger partial charge in [-0.3, -0.25) is 0 Å². The zero-order valence-electron chi connectivity index (χ0n) is 14.3. The number of hydrogen-bond acceptors (Lipinski definition) is 5. The third-order valence-corrected chi connectivity index (χ3v) is 4.91. The standard InChI is InChI=1S/C13H31N3O4S.ClH/c1-12(2)10-13(3,11-14)15-21(17,18)16(6-8-19-4)7-9-20-5;/h12,15H,6-11,14H2,1-5H3;1H. The number of hydrogen-bond donors (Lipinski definition) is 2. The van der Waals surface area contributed by atoms with Crippen LogP contribution in [0.25, 0.3) is 0 Å². The van der Waals surface area contributed by atoms with Gasteiger partial charge in [0.05, 0.1) is 13.2 Å². The van der Waals surface area contributed by atoms with Crippen LogP contribution in [0, 0.1) is 5.92 Å². The average Bonchev–Trinajstić information content (AvgIpc) is 2.36. The van der Waals surface area contributed by atoms with Crippen LogP contribution in [0.2, 0.25) is 0 Å². The van der Waals surface area contributed by atoms with Gasteiger partial charge in [-0.05, 0) is 19.3 Å². The van der Waals surface area contributed by atoms with Crippen molar-refractivity contribution in [2.45, 2.75) is 32.7 Å². The van der Waals surface area contributed by atoms with E-state index in [1.807, 2.05) is 20.8 Å². The van der Waals surface area contributed by atoms with E-state index in [0.29, 0.717) is 25.6 Å². The van der Waals surface area contributed by atoms with E-state index in [0.717, 1.165) is 0 Å². The summed E-state index contributed by atoms with van der Waals surface area (Å²) >= 11 is 0. The highest BCUT2D eigenvalue weighted by molar-refractivity contribution is 7.87. The van der Waals surface area contributed by atoms with E-state index in [9.17, 15) is 8.42 Å². The highest BCUT2D eigenvalue weighted by Gasteiger charge is 2.32. The van der Waals surface area contributed by atoms with Crippen LogP contribution < -0.4 is 10.5 Å². The topological polar surface area (TPSA) is 93.9 Å². The fourth-order valence-electron chi connectivity index (χ4n) is 2.18. The first kappa shape index (κ1) is 24.3. The van der Waals surface area contributed by atoms with Gasteiger partial charge in [0.15, 0.2) is 0 Å². The Hall–Kier alpha value is 0.0400. The second-order valence-electron chi connectivity index (χ2n) is 5.85. The van der Waals surface area contributed by atoms with Crippen LogP contribution in [0.5, 0.6) is 0 Å². The maximum absolute atomic E-state index is 12.5. The molecule has 0 spiro atoms. The molecule has 22 heavy (non-hydrogen) atoms. The molecule has 0 saturated carbocycles. The summed E-state index contributed by atoms with van der Waals surface area (Å²) < 4.78 is 39.1. The van der Waals surface area contributed by atoms with E-state index in [-0.39, 0.29) is 32.0 Å². The first-order valence-electron chi connectivity index (χ1n) is 7.17. The molecular weight excluding hydrogens is 330 g/mol. The molecular formula is C13H32ClN3O4S. The lowest BCUT2D eigenvalue weighted by Crippen LogP contribution is -2.56. The van der Waals surface area contributed by atoms with E-state index >= 15 is 0 Å². The fourth-order valence-corrected chi connectivity index (χ4v) is 3.73. The molecule has 0 aliphatic carbocycles. The number of nitrogens with zero attached hydrogens (tertiary/aromatic N) is 1. The minimum atomic E-state index is -3.64. The predicted octanol–water partition coefficient (Wildman–Crippen LogP) is 0.601. The molecule has 0 aromatic rings. The van der Waals surface area contributed by atoms with Crippen molar-refractivity contribution in [2.24, 2.45) is 11.7 Å². The van der Waals surface area contributed by atoms with Crippen molar-refractivity contribution in [1.29, 1.82) is 0 Å². The third kappa shape index (κ3) is 9.24. The largest absolute Gasteiger partial charge is 0.383 e. The summed E-state index contributed by atoms with van der Waals surface area (Å²) in [6, 6.07) is 0. The van der Waals surface area contributed by atoms with Crippen LogP contribution in [0.4, 0.5) is 0 Å². The summed E-state index contributed by atoms with van der Waals surface area (Å²) in [6.07, 6.45) is 0.672. The summed E-state index contributed by atoms with van der Waals surface area (Å²) in [5, 5.41) is 0. The summed E-state index contributed by atoms with van der Waals surface area (Å²) in [6.45, 7) is 7.35. The highest BCUT2D eigenvalue weighted by Crippen LogP contribution is 2.17. The van der Waals surface area contributed by atoms with Crippen molar-refractivity contribution < 1.29 is 17.9 Å². The molecule has 0 aliphatic heterocycles. The summed E-state index contributed by atoms with van der Waals surface area (Å²) in [5.74, 6) is 0.340. The van der Waals surface area contributed by atoms with Gasteiger partial charge in [-0.1, -0.05) is 13.8 Å². The first-order valence-corrected chi connectivity index (χ1v) is 8.61. The number of nitrogens with one attached hydrogen (secondary N) is 1. The van der Waals surface area contributed by atoms with Gasteiger partial charge in [-0.25, -0.2) is 0 Å². The van der Waals surface area contributed by atoms with Crippen LogP contribution in [0.3, 0.4) is 0 Å². The van der Waals surface area contributed by atoms with Gasteiger partial charge in [0, 0.05) is 39.4 Å². The Bertz CT molecular complexity index is 373. The molecule has 0 aliphatic rings. The molecule has 1 atom stereocenters. The highest BCUT2D eigenvalue weighted by atomic mass is 35.5. The average molecular weight is 362 g/mol. The summed E-state index contributed by atoms with van der Waals surface area (Å²) in [7, 11) is -0.561. The van der Waals surface area contributed by atoms with Crippen molar-refractivity contribution in [3.8, 4) is 0 Å². The van der Waals surface area contributed by atoms with E-state index < -0.39 is 15.7 Å². The Labute approximate surface area is 141 Å². The molecule has 0 rings (SSSR count). The second-order valence-corrected chi connectivity index (χ2v) is 7.53. The van der Waals surface area contributed by atoms with Gasteiger partial charge in [-0.2, -0.15) is 17.4 Å². The lowest BCUT2D eigenvalue weighted by atomic mass is 9.92. The van der Waals surface area contributed by atoms with Gasteiger partial charge in [-0.15, -0.1) is 12.4 Å². The lowest BCUT2D eigenvalue weighted by Gasteiger charge is -2.33. The minimum Gasteiger partial charge on any atom is -0.383 e. The normalized spacial score (nSPS) is 14.9. The smallest absolute Gasteiger partial charge is 0.280 e. The molecule has 7 nitrogen and oxygen atoms in total. The number of methoxy groups -OCH3 is 2. The number of nitrogens with two attached hydrogens (primary N) is 1. The third-order valence-electron chi connectivity index (χ3n) is 3.11. The van der Waals surface area contributed by atoms with Crippen LogP contribution in [-0.4, -0.2) is 65.3 Å². The zero-order chi connectivity index (χ0) is 16.5. The Kier molecular flexibility index (Phi) is 12.8. The molecule has 136 valence electrons.